The summed E-state index contributed by atoms with van der Waals surface area (Å²) < 4.78 is 0. The summed E-state index contributed by atoms with van der Waals surface area (Å²) in [5.41, 5.74) is 1.27. The standard InChI is InChI=1S/C6H7NO/c1-4-5(2)7(3)6(4)8/h1-2H2,3H3. The van der Waals surface area contributed by atoms with Crippen LogP contribution < -0.4 is 0 Å². The molecule has 0 aromatic carbocycles. The lowest BCUT2D eigenvalue weighted by Crippen LogP contribution is -2.39. The zero-order valence-electron chi connectivity index (χ0n) is 4.77. The van der Waals surface area contributed by atoms with Gasteiger partial charge in [0.25, 0.3) is 5.91 Å². The lowest BCUT2D eigenvalue weighted by atomic mass is 10.1. The normalized spacial score (nSPS) is 19.1. The van der Waals surface area contributed by atoms with Gasteiger partial charge >= 0.3 is 0 Å². The fraction of sp³-hybridized carbons (Fsp3) is 0.167. The molecule has 2 heteroatoms. The molecule has 1 fully saturated rings. The van der Waals surface area contributed by atoms with Gasteiger partial charge in [-0.3, -0.25) is 4.79 Å². The Labute approximate surface area is 48.1 Å². The summed E-state index contributed by atoms with van der Waals surface area (Å²) in [5, 5.41) is 0. The lowest BCUT2D eigenvalue weighted by molar-refractivity contribution is -0.127. The topological polar surface area (TPSA) is 20.3 Å². The van der Waals surface area contributed by atoms with E-state index in [-0.39, 0.29) is 5.91 Å². The second-order valence-corrected chi connectivity index (χ2v) is 1.79. The van der Waals surface area contributed by atoms with Crippen LogP contribution in [0.25, 0.3) is 0 Å². The predicted molar refractivity (Wildman–Crippen MR) is 31.0 cm³/mol. The molecule has 1 aliphatic heterocycles. The number of hydrogen-bond donors (Lipinski definition) is 0. The number of carbonyl (C=O) groups is 1. The van der Waals surface area contributed by atoms with Gasteiger partial charge in [0.1, 0.15) is 0 Å². The highest BCUT2D eigenvalue weighted by molar-refractivity contribution is 6.05. The Bertz CT molecular complexity index is 163. The second-order valence-electron chi connectivity index (χ2n) is 1.79. The molecule has 0 spiro atoms. The van der Waals surface area contributed by atoms with Crippen molar-refractivity contribution in [2.75, 3.05) is 7.05 Å². The molecule has 2 nitrogen and oxygen atoms in total. The van der Waals surface area contributed by atoms with Gasteiger partial charge in [-0.05, 0) is 0 Å². The molecule has 42 valence electrons. The summed E-state index contributed by atoms with van der Waals surface area (Å²) in [6.45, 7) is 7.06. The van der Waals surface area contributed by atoms with Gasteiger partial charge in [-0.1, -0.05) is 13.2 Å². The van der Waals surface area contributed by atoms with E-state index in [0.717, 1.165) is 5.70 Å². The van der Waals surface area contributed by atoms with E-state index in [0.29, 0.717) is 5.57 Å². The number of nitrogens with zero attached hydrogens (tertiary/aromatic N) is 1. The number of rotatable bonds is 0. The average Bonchev–Trinajstić information content (AvgIpc) is 1.83. The molecule has 1 rings (SSSR count). The Morgan fingerprint density at radius 1 is 1.50 bits per heavy atom. The molecule has 1 saturated heterocycles. The van der Waals surface area contributed by atoms with Crippen molar-refractivity contribution >= 4 is 5.91 Å². The van der Waals surface area contributed by atoms with Crippen LogP contribution in [-0.2, 0) is 4.79 Å². The van der Waals surface area contributed by atoms with Crippen LogP contribution >= 0.6 is 0 Å². The highest BCUT2D eigenvalue weighted by atomic mass is 16.2. The molecule has 0 aliphatic carbocycles. The van der Waals surface area contributed by atoms with E-state index in [1.54, 1.807) is 7.05 Å². The maximum absolute atomic E-state index is 10.5. The molecule has 0 N–H and O–H groups in total. The van der Waals surface area contributed by atoms with E-state index >= 15 is 0 Å². The first-order chi connectivity index (χ1) is 3.64. The number of hydrogen-bond acceptors (Lipinski definition) is 1. The molecule has 0 aromatic heterocycles. The molecule has 8 heavy (non-hydrogen) atoms. The molecule has 1 heterocycles. The molecule has 0 unspecified atom stereocenters. The summed E-state index contributed by atoms with van der Waals surface area (Å²) >= 11 is 0. The van der Waals surface area contributed by atoms with Gasteiger partial charge in [-0.25, -0.2) is 0 Å². The number of β-lactam (4-membered cyclic amide) rings is 1. The minimum atomic E-state index is -0.0185. The van der Waals surface area contributed by atoms with Crippen molar-refractivity contribution < 1.29 is 4.79 Å². The molecule has 0 radical (unpaired) electrons. The van der Waals surface area contributed by atoms with Gasteiger partial charge in [0.15, 0.2) is 0 Å². The van der Waals surface area contributed by atoms with Crippen LogP contribution in [0, 0.1) is 0 Å². The molecular formula is C6H7NO. The van der Waals surface area contributed by atoms with Crippen LogP contribution in [0.2, 0.25) is 0 Å². The predicted octanol–water partition coefficient (Wildman–Crippen LogP) is 0.528. The zero-order valence-corrected chi connectivity index (χ0v) is 4.77. The zero-order chi connectivity index (χ0) is 6.31. The Hall–Kier alpha value is -1.05. The molecule has 0 aromatic rings. The highest BCUT2D eigenvalue weighted by Crippen LogP contribution is 2.23. The summed E-state index contributed by atoms with van der Waals surface area (Å²) in [4.78, 5) is 12.0. The van der Waals surface area contributed by atoms with Crippen LogP contribution in [0.3, 0.4) is 0 Å². The van der Waals surface area contributed by atoms with Gasteiger partial charge in [-0.15, -0.1) is 0 Å². The minimum Gasteiger partial charge on any atom is -0.311 e. The molecule has 1 amide bonds. The number of likely N-dealkylation sites (tertiary alicyclic amines) is 1. The molecular weight excluding hydrogens is 102 g/mol. The molecule has 1 aliphatic rings. The first kappa shape index (κ1) is 5.09. The van der Waals surface area contributed by atoms with E-state index in [1.165, 1.54) is 4.90 Å². The van der Waals surface area contributed by atoms with Crippen molar-refractivity contribution in [3.05, 3.63) is 24.4 Å². The molecule has 0 atom stereocenters. The third-order valence-electron chi connectivity index (χ3n) is 1.32. The smallest absolute Gasteiger partial charge is 0.259 e. The van der Waals surface area contributed by atoms with E-state index in [2.05, 4.69) is 13.2 Å². The molecule has 0 bridgehead atoms. The van der Waals surface area contributed by atoms with Gasteiger partial charge in [0, 0.05) is 12.7 Å². The quantitative estimate of drug-likeness (QED) is 0.328. The number of carbonyl (C=O) groups excluding carboxylic acids is 1. The van der Waals surface area contributed by atoms with Crippen molar-refractivity contribution in [3.63, 3.8) is 0 Å². The van der Waals surface area contributed by atoms with Crippen molar-refractivity contribution in [1.82, 2.24) is 4.90 Å². The maximum atomic E-state index is 10.5. The number of likely N-dealkylation sites (N-methyl/N-ethyl adjacent to an activating group) is 1. The summed E-state index contributed by atoms with van der Waals surface area (Å²) in [6.07, 6.45) is 0. The Morgan fingerprint density at radius 2 is 2.00 bits per heavy atom. The summed E-state index contributed by atoms with van der Waals surface area (Å²) in [6, 6.07) is 0. The van der Waals surface area contributed by atoms with Crippen molar-refractivity contribution in [3.8, 4) is 0 Å². The van der Waals surface area contributed by atoms with Crippen LogP contribution in [-0.4, -0.2) is 17.9 Å². The third kappa shape index (κ3) is 0.346. The Morgan fingerprint density at radius 3 is 2.12 bits per heavy atom. The van der Waals surface area contributed by atoms with E-state index in [9.17, 15) is 4.79 Å². The lowest BCUT2D eigenvalue weighted by Gasteiger charge is -2.30. The van der Waals surface area contributed by atoms with Crippen molar-refractivity contribution in [2.45, 2.75) is 0 Å². The van der Waals surface area contributed by atoms with Crippen LogP contribution in [0.4, 0.5) is 0 Å². The Balaban J connectivity index is 2.84. The fourth-order valence-electron chi connectivity index (χ4n) is 0.598. The maximum Gasteiger partial charge on any atom is 0.259 e. The fourth-order valence-corrected chi connectivity index (χ4v) is 0.598. The second kappa shape index (κ2) is 1.22. The monoisotopic (exact) mass is 109 g/mol. The Kier molecular flexibility index (Phi) is 0.774. The number of amides is 1. The minimum absolute atomic E-state index is 0.0185. The third-order valence-corrected chi connectivity index (χ3v) is 1.32. The van der Waals surface area contributed by atoms with Gasteiger partial charge in [-0.2, -0.15) is 0 Å². The highest BCUT2D eigenvalue weighted by Gasteiger charge is 2.29. The first-order valence-electron chi connectivity index (χ1n) is 2.31. The van der Waals surface area contributed by atoms with Crippen molar-refractivity contribution in [1.29, 1.82) is 0 Å². The first-order valence-corrected chi connectivity index (χ1v) is 2.31. The van der Waals surface area contributed by atoms with E-state index in [1.807, 2.05) is 0 Å². The average molecular weight is 109 g/mol. The summed E-state index contributed by atoms with van der Waals surface area (Å²) in [5.74, 6) is -0.0185. The largest absolute Gasteiger partial charge is 0.311 e. The van der Waals surface area contributed by atoms with Gasteiger partial charge in [0.05, 0.1) is 5.57 Å². The summed E-state index contributed by atoms with van der Waals surface area (Å²) in [7, 11) is 1.68. The van der Waals surface area contributed by atoms with E-state index < -0.39 is 0 Å². The molecule has 0 saturated carbocycles. The van der Waals surface area contributed by atoms with Crippen LogP contribution in [0.1, 0.15) is 0 Å². The van der Waals surface area contributed by atoms with Crippen LogP contribution in [0.5, 0.6) is 0 Å². The van der Waals surface area contributed by atoms with Crippen molar-refractivity contribution in [2.24, 2.45) is 0 Å². The van der Waals surface area contributed by atoms with Crippen LogP contribution in [0.15, 0.2) is 24.4 Å². The van der Waals surface area contributed by atoms with E-state index in [4.69, 9.17) is 0 Å². The van der Waals surface area contributed by atoms with Gasteiger partial charge < -0.3 is 4.90 Å². The van der Waals surface area contributed by atoms with Gasteiger partial charge in [0.2, 0.25) is 0 Å². The SMILES string of the molecule is C=C1C(=C)N(C)C1=O.